The average Bonchev–Trinajstić information content (AvgIpc) is 4.12. The zero-order chi connectivity index (χ0) is 56.2. The molecular formula is C59H64F2N10O6S2. The van der Waals surface area contributed by atoms with E-state index in [0.29, 0.717) is 72.3 Å². The standard InChI is InChI=1S/C32H36FN5O4S.C27H28FN5O2S/c1-32(2,3)42-31(41)35-23-15-17-24(18-16-23)43-20-28(39)34-19-7-6-10-27(29-36-25-8-4-5-9-26(25)37-29)38-30(40)21-11-13-22(33)14-12-21;28-19-10-8-18(9-11-19)27(35)33-24(26-31-22-5-1-2-6-23(22)32-26)7-3-4-16-30-25(34)17-36-21-14-12-20(29)13-15-21/h4-5,8-9,11-18,27H,6-7,10,19-20H2,1-3H3,(H,34,39)(H,35,41)(H,36,37)(H,38,40);1-2,5-6,8-15,24H,3-4,7,16-17,29H2,(H,30,34)(H,31,32)(H,33,35)/t27-;24-/m00/s1. The molecule has 0 radical (unpaired) electrons. The van der Waals surface area contributed by atoms with E-state index in [1.165, 1.54) is 72.1 Å². The highest BCUT2D eigenvalue weighted by Crippen LogP contribution is 2.25. The van der Waals surface area contributed by atoms with Gasteiger partial charge in [0.1, 0.15) is 28.9 Å². The summed E-state index contributed by atoms with van der Waals surface area (Å²) in [7, 11) is 0. The topological polar surface area (TPSA) is 238 Å². The number of hydrogen-bond donors (Lipinski definition) is 8. The number of carbonyl (C=O) groups is 5. The zero-order valence-electron chi connectivity index (χ0n) is 44.1. The van der Waals surface area contributed by atoms with Crippen molar-refractivity contribution < 1.29 is 37.5 Å². The summed E-state index contributed by atoms with van der Waals surface area (Å²) < 4.78 is 31.8. The number of nitrogens with zero attached hydrogens (tertiary/aromatic N) is 2. The van der Waals surface area contributed by atoms with Crippen molar-refractivity contribution in [2.24, 2.45) is 0 Å². The maximum Gasteiger partial charge on any atom is 0.412 e. The summed E-state index contributed by atoms with van der Waals surface area (Å²) in [5.41, 5.74) is 10.5. The third kappa shape index (κ3) is 19.3. The maximum absolute atomic E-state index is 13.3. The Hall–Kier alpha value is -8.23. The Kier molecular flexibility index (Phi) is 21.4. The SMILES string of the molecule is CC(C)(C)OC(=O)Nc1ccc(SCC(=O)NCCCC[C@H](NC(=O)c2ccc(F)cc2)c2nc3ccccc3[nH]2)cc1.Nc1ccc(SCC(=O)NCCCC[C@H](NC(=O)c2ccc(F)cc2)c2nc3ccccc3[nH]2)cc1. The first-order chi connectivity index (χ1) is 38.0. The smallest absolute Gasteiger partial charge is 0.412 e. The predicted molar refractivity (Wildman–Crippen MR) is 308 cm³/mol. The van der Waals surface area contributed by atoms with Gasteiger partial charge in [0.25, 0.3) is 11.8 Å². The van der Waals surface area contributed by atoms with Crippen LogP contribution in [-0.2, 0) is 14.3 Å². The number of aromatic amines is 2. The van der Waals surface area contributed by atoms with Crippen molar-refractivity contribution >= 4 is 86.7 Å². The average molecular weight is 1110 g/mol. The molecule has 16 nitrogen and oxygen atoms in total. The van der Waals surface area contributed by atoms with Gasteiger partial charge in [0.15, 0.2) is 0 Å². The number of H-pyrrole nitrogens is 2. The minimum atomic E-state index is -0.579. The molecule has 0 unspecified atom stereocenters. The lowest BCUT2D eigenvalue weighted by Gasteiger charge is -2.19. The number of fused-ring (bicyclic) bond motifs is 2. The van der Waals surface area contributed by atoms with Crippen molar-refractivity contribution in [1.29, 1.82) is 0 Å². The van der Waals surface area contributed by atoms with Crippen LogP contribution in [0.4, 0.5) is 25.0 Å². The van der Waals surface area contributed by atoms with Crippen molar-refractivity contribution in [2.75, 3.05) is 35.6 Å². The largest absolute Gasteiger partial charge is 0.444 e. The minimum absolute atomic E-state index is 0.0322. The van der Waals surface area contributed by atoms with E-state index in [2.05, 4.69) is 46.5 Å². The Morgan fingerprint density at radius 3 is 1.41 bits per heavy atom. The van der Waals surface area contributed by atoms with Crippen LogP contribution in [0, 0.1) is 11.6 Å². The molecule has 0 aliphatic heterocycles. The molecule has 79 heavy (non-hydrogen) atoms. The van der Waals surface area contributed by atoms with Gasteiger partial charge in [-0.2, -0.15) is 0 Å². The van der Waals surface area contributed by atoms with Crippen LogP contribution < -0.4 is 32.3 Å². The number of para-hydroxylation sites is 4. The molecular weight excluding hydrogens is 1050 g/mol. The maximum atomic E-state index is 13.3. The highest BCUT2D eigenvalue weighted by Gasteiger charge is 2.22. The molecule has 8 aromatic rings. The number of ether oxygens (including phenoxy) is 1. The molecule has 6 aromatic carbocycles. The molecule has 0 bridgehead atoms. The molecule has 0 saturated heterocycles. The van der Waals surface area contributed by atoms with E-state index < -0.39 is 23.3 Å². The quantitative estimate of drug-likeness (QED) is 0.0170. The number of carbonyl (C=O) groups excluding carboxylic acids is 5. The van der Waals surface area contributed by atoms with Gasteiger partial charge in [0, 0.05) is 45.4 Å². The molecule has 0 spiro atoms. The number of halogens is 2. The van der Waals surface area contributed by atoms with Crippen LogP contribution in [0.25, 0.3) is 22.1 Å². The Balaban J connectivity index is 0.000000232. The molecule has 412 valence electrons. The number of benzene rings is 6. The summed E-state index contributed by atoms with van der Waals surface area (Å²) in [5.74, 6) is 0.367. The second kappa shape index (κ2) is 28.9. The molecule has 5 amide bonds. The van der Waals surface area contributed by atoms with E-state index in [1.54, 1.807) is 32.9 Å². The van der Waals surface area contributed by atoms with Gasteiger partial charge in [-0.15, -0.1) is 23.5 Å². The number of nitrogen functional groups attached to an aromatic ring is 1. The molecule has 8 rings (SSSR count). The number of nitrogens with two attached hydrogens (primary N) is 1. The van der Waals surface area contributed by atoms with Gasteiger partial charge in [-0.25, -0.2) is 23.5 Å². The van der Waals surface area contributed by atoms with Crippen LogP contribution in [0.15, 0.2) is 155 Å². The first-order valence-electron chi connectivity index (χ1n) is 25.8. The van der Waals surface area contributed by atoms with E-state index in [9.17, 15) is 32.8 Å². The number of hydrogen-bond acceptors (Lipinski definition) is 11. The minimum Gasteiger partial charge on any atom is -0.444 e. The second-order valence-corrected chi connectivity index (χ2v) is 21.4. The number of nitrogens with one attached hydrogen (secondary N) is 7. The lowest BCUT2D eigenvalue weighted by Crippen LogP contribution is -2.30. The van der Waals surface area contributed by atoms with E-state index in [4.69, 9.17) is 10.5 Å². The van der Waals surface area contributed by atoms with Gasteiger partial charge in [-0.1, -0.05) is 24.3 Å². The van der Waals surface area contributed by atoms with Crippen molar-refractivity contribution in [3.8, 4) is 0 Å². The Bertz CT molecular complexity index is 3210. The van der Waals surface area contributed by atoms with E-state index >= 15 is 0 Å². The van der Waals surface area contributed by atoms with Crippen molar-refractivity contribution in [3.05, 3.63) is 180 Å². The number of rotatable bonds is 23. The molecule has 0 fully saturated rings. The monoisotopic (exact) mass is 1110 g/mol. The molecule has 2 aromatic heterocycles. The van der Waals surface area contributed by atoms with Gasteiger partial charge in [0.2, 0.25) is 11.8 Å². The molecule has 0 saturated carbocycles. The summed E-state index contributed by atoms with van der Waals surface area (Å²) >= 11 is 2.86. The number of anilines is 2. The number of amides is 5. The number of thioether (sulfide) groups is 2. The second-order valence-electron chi connectivity index (χ2n) is 19.3. The van der Waals surface area contributed by atoms with E-state index in [0.717, 1.165) is 51.1 Å². The predicted octanol–water partition coefficient (Wildman–Crippen LogP) is 11.4. The van der Waals surface area contributed by atoms with Gasteiger partial charge in [-0.05, 0) is 181 Å². The third-order valence-electron chi connectivity index (χ3n) is 11.9. The molecule has 0 aliphatic rings. The van der Waals surface area contributed by atoms with Gasteiger partial charge in [0.05, 0.1) is 45.7 Å². The molecule has 2 atom stereocenters. The van der Waals surface area contributed by atoms with Crippen LogP contribution in [0.3, 0.4) is 0 Å². The first-order valence-corrected chi connectivity index (χ1v) is 27.8. The molecule has 9 N–H and O–H groups in total. The van der Waals surface area contributed by atoms with Crippen LogP contribution in [0.1, 0.15) is 104 Å². The van der Waals surface area contributed by atoms with E-state index in [-0.39, 0.29) is 41.5 Å². The van der Waals surface area contributed by atoms with Crippen LogP contribution in [0.5, 0.6) is 0 Å². The van der Waals surface area contributed by atoms with Gasteiger partial charge in [-0.3, -0.25) is 24.5 Å². The Morgan fingerprint density at radius 2 is 0.987 bits per heavy atom. The van der Waals surface area contributed by atoms with E-state index in [1.807, 2.05) is 84.9 Å². The molecule has 20 heteroatoms. The van der Waals surface area contributed by atoms with Gasteiger partial charge < -0.3 is 41.7 Å². The fourth-order valence-electron chi connectivity index (χ4n) is 7.94. The number of unbranched alkanes of at least 4 members (excludes halogenated alkanes) is 2. The summed E-state index contributed by atoms with van der Waals surface area (Å²) in [6.45, 7) is 6.44. The Morgan fingerprint density at radius 1 is 0.570 bits per heavy atom. The van der Waals surface area contributed by atoms with Crippen molar-refractivity contribution in [2.45, 2.75) is 86.8 Å². The van der Waals surface area contributed by atoms with Crippen LogP contribution >= 0.6 is 23.5 Å². The fourth-order valence-corrected chi connectivity index (χ4v) is 9.39. The van der Waals surface area contributed by atoms with Crippen LogP contribution in [-0.4, -0.2) is 79.9 Å². The van der Waals surface area contributed by atoms with Crippen molar-refractivity contribution in [1.82, 2.24) is 41.2 Å². The molecule has 2 heterocycles. The summed E-state index contributed by atoms with van der Waals surface area (Å²) in [6.07, 6.45) is 3.66. The zero-order valence-corrected chi connectivity index (χ0v) is 45.7. The lowest BCUT2D eigenvalue weighted by molar-refractivity contribution is -0.119. The summed E-state index contributed by atoms with van der Waals surface area (Å²) in [4.78, 5) is 79.9. The normalized spacial score (nSPS) is 11.9. The third-order valence-corrected chi connectivity index (χ3v) is 13.9. The summed E-state index contributed by atoms with van der Waals surface area (Å²) in [6, 6.07) is 40.0. The fraction of sp³-hybridized carbons (Fsp3) is 0.271. The summed E-state index contributed by atoms with van der Waals surface area (Å²) in [5, 5.41) is 14.6. The number of imidazole rings is 2. The van der Waals surface area contributed by atoms with Crippen LogP contribution in [0.2, 0.25) is 0 Å². The lowest BCUT2D eigenvalue weighted by atomic mass is 10.1. The highest BCUT2D eigenvalue weighted by molar-refractivity contribution is 8.00. The first kappa shape index (κ1) is 58.5. The highest BCUT2D eigenvalue weighted by atomic mass is 32.2. The molecule has 0 aliphatic carbocycles. The van der Waals surface area contributed by atoms with Crippen molar-refractivity contribution in [3.63, 3.8) is 0 Å². The van der Waals surface area contributed by atoms with Gasteiger partial charge >= 0.3 is 6.09 Å². The Labute approximate surface area is 465 Å². The number of aromatic nitrogens is 4.